The van der Waals surface area contributed by atoms with E-state index in [9.17, 15) is 13.9 Å². The van der Waals surface area contributed by atoms with Crippen LogP contribution in [-0.4, -0.2) is 17.3 Å². The summed E-state index contributed by atoms with van der Waals surface area (Å²) in [6, 6.07) is 2.31. The Bertz CT molecular complexity index is 493. The van der Waals surface area contributed by atoms with Crippen molar-refractivity contribution in [2.24, 2.45) is 5.41 Å². The number of nitrogen functional groups attached to an aromatic ring is 1. The Morgan fingerprint density at radius 1 is 1.20 bits per heavy atom. The van der Waals surface area contributed by atoms with Crippen LogP contribution >= 0.6 is 0 Å². The second-order valence-electron chi connectivity index (χ2n) is 6.57. The Morgan fingerprint density at radius 3 is 2.40 bits per heavy atom. The van der Waals surface area contributed by atoms with E-state index in [2.05, 4.69) is 19.2 Å². The lowest BCUT2D eigenvalue weighted by atomic mass is 9.71. The molecule has 0 unspecified atom stereocenters. The Labute approximate surface area is 118 Å². The minimum absolute atomic E-state index is 0.0664. The topological polar surface area (TPSA) is 58.3 Å². The fraction of sp³-hybridized carbons (Fsp3) is 0.600. The zero-order valence-corrected chi connectivity index (χ0v) is 12.0. The first-order chi connectivity index (χ1) is 9.22. The monoisotopic (exact) mass is 284 g/mol. The van der Waals surface area contributed by atoms with Crippen molar-refractivity contribution >= 4 is 11.4 Å². The summed E-state index contributed by atoms with van der Waals surface area (Å²) in [5, 5.41) is 13.3. The zero-order chi connectivity index (χ0) is 15.0. The van der Waals surface area contributed by atoms with E-state index in [0.717, 1.165) is 18.9 Å². The Morgan fingerprint density at radius 2 is 1.80 bits per heavy atom. The van der Waals surface area contributed by atoms with Crippen molar-refractivity contribution < 1.29 is 13.9 Å². The zero-order valence-electron chi connectivity index (χ0n) is 12.0. The van der Waals surface area contributed by atoms with Crippen LogP contribution in [0.2, 0.25) is 0 Å². The van der Waals surface area contributed by atoms with E-state index in [-0.39, 0.29) is 23.3 Å². The highest BCUT2D eigenvalue weighted by Gasteiger charge is 2.36. The summed E-state index contributed by atoms with van der Waals surface area (Å²) < 4.78 is 26.9. The van der Waals surface area contributed by atoms with E-state index in [1.807, 2.05) is 0 Å². The number of nitrogens with two attached hydrogens (primary N) is 1. The summed E-state index contributed by atoms with van der Waals surface area (Å²) in [5.74, 6) is -1.94. The fourth-order valence-corrected chi connectivity index (χ4v) is 2.57. The Kier molecular flexibility index (Phi) is 3.91. The van der Waals surface area contributed by atoms with Gasteiger partial charge in [0.05, 0.1) is 17.0 Å². The van der Waals surface area contributed by atoms with Crippen molar-refractivity contribution in [1.29, 1.82) is 0 Å². The summed E-state index contributed by atoms with van der Waals surface area (Å²) in [6.07, 6.45) is 3.10. The van der Waals surface area contributed by atoms with Gasteiger partial charge in [-0.1, -0.05) is 13.8 Å². The summed E-state index contributed by atoms with van der Waals surface area (Å²) in [4.78, 5) is 0. The van der Waals surface area contributed by atoms with Gasteiger partial charge >= 0.3 is 0 Å². The van der Waals surface area contributed by atoms with Crippen LogP contribution in [0.25, 0.3) is 0 Å². The predicted molar refractivity (Wildman–Crippen MR) is 76.5 cm³/mol. The van der Waals surface area contributed by atoms with Crippen LogP contribution in [0.5, 0.6) is 0 Å². The summed E-state index contributed by atoms with van der Waals surface area (Å²) in [7, 11) is 0. The third kappa shape index (κ3) is 3.20. The highest BCUT2D eigenvalue weighted by Crippen LogP contribution is 2.40. The first-order valence-electron chi connectivity index (χ1n) is 6.92. The molecular weight excluding hydrogens is 262 g/mol. The van der Waals surface area contributed by atoms with Gasteiger partial charge in [0.1, 0.15) is 0 Å². The van der Waals surface area contributed by atoms with Crippen molar-refractivity contribution in [3.8, 4) is 0 Å². The summed E-state index contributed by atoms with van der Waals surface area (Å²) in [5.41, 5.74) is 5.06. The maximum Gasteiger partial charge on any atom is 0.183 e. The molecule has 0 atom stereocenters. The maximum atomic E-state index is 13.7. The highest BCUT2D eigenvalue weighted by molar-refractivity contribution is 5.66. The van der Waals surface area contributed by atoms with Crippen molar-refractivity contribution in [2.75, 3.05) is 17.6 Å². The smallest absolute Gasteiger partial charge is 0.183 e. The summed E-state index contributed by atoms with van der Waals surface area (Å²) >= 11 is 0. The number of hydrogen-bond acceptors (Lipinski definition) is 3. The standard InChI is InChI=1S/C15H22F2N2O/c1-14(2)5-7-15(20,8-6-14)9-19-13-11(18)4-3-10(16)12(13)17/h3-4,19-20H,5-9,18H2,1-2H3. The highest BCUT2D eigenvalue weighted by atomic mass is 19.2. The molecule has 2 rings (SSSR count). The second-order valence-corrected chi connectivity index (χ2v) is 6.57. The molecule has 1 aliphatic rings. The van der Waals surface area contributed by atoms with Gasteiger partial charge in [0, 0.05) is 6.54 Å². The van der Waals surface area contributed by atoms with Crippen LogP contribution in [-0.2, 0) is 0 Å². The molecule has 1 aromatic carbocycles. The summed E-state index contributed by atoms with van der Waals surface area (Å²) in [6.45, 7) is 4.52. The van der Waals surface area contributed by atoms with Gasteiger partial charge in [-0.2, -0.15) is 0 Å². The molecule has 0 aromatic heterocycles. The molecule has 1 aliphatic carbocycles. The third-order valence-electron chi connectivity index (χ3n) is 4.26. The van der Waals surface area contributed by atoms with Crippen LogP contribution in [0.15, 0.2) is 12.1 Å². The van der Waals surface area contributed by atoms with Crippen molar-refractivity contribution in [3.05, 3.63) is 23.8 Å². The van der Waals surface area contributed by atoms with Crippen LogP contribution in [0, 0.1) is 17.0 Å². The molecule has 0 amide bonds. The number of benzene rings is 1. The Hall–Kier alpha value is -1.36. The van der Waals surface area contributed by atoms with Gasteiger partial charge < -0.3 is 16.2 Å². The van der Waals surface area contributed by atoms with Gasteiger partial charge in [-0.3, -0.25) is 0 Å². The van der Waals surface area contributed by atoms with Gasteiger partial charge in [-0.15, -0.1) is 0 Å². The molecule has 0 bridgehead atoms. The molecule has 20 heavy (non-hydrogen) atoms. The van der Waals surface area contributed by atoms with Gasteiger partial charge in [0.2, 0.25) is 0 Å². The maximum absolute atomic E-state index is 13.7. The van der Waals surface area contributed by atoms with Crippen LogP contribution in [0.1, 0.15) is 39.5 Å². The minimum Gasteiger partial charge on any atom is -0.397 e. The molecule has 112 valence electrons. The quantitative estimate of drug-likeness (QED) is 0.746. The third-order valence-corrected chi connectivity index (χ3v) is 4.26. The van der Waals surface area contributed by atoms with Crippen LogP contribution in [0.3, 0.4) is 0 Å². The van der Waals surface area contributed by atoms with Gasteiger partial charge in [-0.05, 0) is 43.2 Å². The molecule has 1 fully saturated rings. The predicted octanol–water partition coefficient (Wildman–Crippen LogP) is 3.29. The number of nitrogens with one attached hydrogen (secondary N) is 1. The van der Waals surface area contributed by atoms with Crippen LogP contribution in [0.4, 0.5) is 20.2 Å². The number of hydrogen-bond donors (Lipinski definition) is 3. The molecule has 0 saturated heterocycles. The number of anilines is 2. The number of halogens is 2. The first kappa shape index (κ1) is 15.0. The SMILES string of the molecule is CC1(C)CCC(O)(CNc2c(N)ccc(F)c2F)CC1. The van der Waals surface area contributed by atoms with Crippen molar-refractivity contribution in [1.82, 2.24) is 0 Å². The van der Waals surface area contributed by atoms with Gasteiger partial charge in [-0.25, -0.2) is 8.78 Å². The average molecular weight is 284 g/mol. The van der Waals surface area contributed by atoms with Gasteiger partial charge in [0.15, 0.2) is 11.6 Å². The average Bonchev–Trinajstić information content (AvgIpc) is 2.38. The molecule has 3 nitrogen and oxygen atoms in total. The van der Waals surface area contributed by atoms with E-state index in [0.29, 0.717) is 12.8 Å². The van der Waals surface area contributed by atoms with E-state index in [1.165, 1.54) is 6.07 Å². The van der Waals surface area contributed by atoms with Gasteiger partial charge in [0.25, 0.3) is 0 Å². The van der Waals surface area contributed by atoms with E-state index in [1.54, 1.807) is 0 Å². The largest absolute Gasteiger partial charge is 0.397 e. The Balaban J connectivity index is 2.04. The molecule has 4 N–H and O–H groups in total. The number of aliphatic hydroxyl groups is 1. The molecule has 1 saturated carbocycles. The molecule has 0 heterocycles. The molecule has 0 aliphatic heterocycles. The molecule has 0 spiro atoms. The van der Waals surface area contributed by atoms with Crippen molar-refractivity contribution in [2.45, 2.75) is 45.1 Å². The molecule has 0 radical (unpaired) electrons. The van der Waals surface area contributed by atoms with E-state index >= 15 is 0 Å². The number of rotatable bonds is 3. The second kappa shape index (κ2) is 5.20. The lowest BCUT2D eigenvalue weighted by Crippen LogP contribution is -2.42. The molecule has 5 heteroatoms. The van der Waals surface area contributed by atoms with Crippen LogP contribution < -0.4 is 11.1 Å². The van der Waals surface area contributed by atoms with E-state index < -0.39 is 17.2 Å². The fourth-order valence-electron chi connectivity index (χ4n) is 2.57. The lowest BCUT2D eigenvalue weighted by molar-refractivity contribution is -0.0145. The normalized spacial score (nSPS) is 20.6. The molecular formula is C15H22F2N2O. The molecule has 1 aromatic rings. The van der Waals surface area contributed by atoms with Crippen molar-refractivity contribution in [3.63, 3.8) is 0 Å². The van der Waals surface area contributed by atoms with E-state index in [4.69, 9.17) is 5.73 Å². The lowest BCUT2D eigenvalue weighted by Gasteiger charge is -2.40. The first-order valence-corrected chi connectivity index (χ1v) is 6.92. The minimum atomic E-state index is -0.996.